The average molecular weight is 280 g/mol. The molecule has 6 heteroatoms. The molecule has 0 fully saturated rings. The molecule has 1 aromatic heterocycles. The van der Waals surface area contributed by atoms with Gasteiger partial charge in [0.05, 0.1) is 4.92 Å². The van der Waals surface area contributed by atoms with Gasteiger partial charge in [-0.2, -0.15) is 0 Å². The second-order valence-electron chi connectivity index (χ2n) is 3.58. The summed E-state index contributed by atoms with van der Waals surface area (Å²) >= 11 is 2.90. The molecule has 0 bridgehead atoms. The van der Waals surface area contributed by atoms with Crippen LogP contribution < -0.4 is 5.32 Å². The molecule has 0 saturated heterocycles. The molecule has 1 heterocycles. The zero-order valence-electron chi connectivity index (χ0n) is 9.75. The zero-order chi connectivity index (χ0) is 13.0. The van der Waals surface area contributed by atoms with Crippen molar-refractivity contribution in [1.82, 2.24) is 0 Å². The van der Waals surface area contributed by atoms with Crippen molar-refractivity contribution >= 4 is 33.8 Å². The molecule has 2 aromatic rings. The fraction of sp³-hybridized carbons (Fsp3) is 0.167. The highest BCUT2D eigenvalue weighted by Crippen LogP contribution is 2.25. The number of nitrogens with one attached hydrogen (secondary N) is 1. The lowest BCUT2D eigenvalue weighted by atomic mass is 10.3. The third kappa shape index (κ3) is 3.24. The summed E-state index contributed by atoms with van der Waals surface area (Å²) in [5.41, 5.74) is 1.02. The van der Waals surface area contributed by atoms with E-state index in [4.69, 9.17) is 0 Å². The largest absolute Gasteiger partial charge is 0.380 e. The topological polar surface area (TPSA) is 55.2 Å². The van der Waals surface area contributed by atoms with E-state index in [9.17, 15) is 10.1 Å². The van der Waals surface area contributed by atoms with E-state index in [1.165, 1.54) is 16.2 Å². The number of nitrogens with zero attached hydrogens (tertiary/aromatic N) is 1. The fourth-order valence-electron chi connectivity index (χ4n) is 1.46. The number of nitro groups is 1. The Kier molecular flexibility index (Phi) is 4.22. The molecule has 18 heavy (non-hydrogen) atoms. The number of anilines is 1. The van der Waals surface area contributed by atoms with E-state index in [-0.39, 0.29) is 9.92 Å². The molecule has 1 aromatic carbocycles. The summed E-state index contributed by atoms with van der Waals surface area (Å²) in [5, 5.41) is 14.0. The minimum atomic E-state index is -0.360. The summed E-state index contributed by atoms with van der Waals surface area (Å²) in [7, 11) is 0. The summed E-state index contributed by atoms with van der Waals surface area (Å²) in [4.78, 5) is 12.4. The van der Waals surface area contributed by atoms with Crippen LogP contribution in [0.25, 0.3) is 0 Å². The summed E-state index contributed by atoms with van der Waals surface area (Å²) in [5.74, 6) is 0. The summed E-state index contributed by atoms with van der Waals surface area (Å²) in [6.45, 7) is 0.608. The number of thiophene rings is 1. The van der Waals surface area contributed by atoms with Crippen LogP contribution in [-0.4, -0.2) is 11.2 Å². The van der Waals surface area contributed by atoms with E-state index in [1.807, 2.05) is 30.5 Å². The third-order valence-electron chi connectivity index (χ3n) is 2.38. The number of rotatable bonds is 5. The minimum Gasteiger partial charge on any atom is -0.380 e. The molecule has 0 amide bonds. The van der Waals surface area contributed by atoms with Crippen LogP contribution in [0.15, 0.2) is 41.3 Å². The molecule has 2 rings (SSSR count). The van der Waals surface area contributed by atoms with Crippen molar-refractivity contribution < 1.29 is 4.92 Å². The van der Waals surface area contributed by atoms with Gasteiger partial charge >= 0.3 is 5.00 Å². The molecule has 0 aliphatic heterocycles. The van der Waals surface area contributed by atoms with Gasteiger partial charge in [-0.05, 0) is 36.6 Å². The smallest absolute Gasteiger partial charge is 0.324 e. The number of benzene rings is 1. The highest BCUT2D eigenvalue weighted by molar-refractivity contribution is 7.98. The number of hydrogen-bond acceptors (Lipinski definition) is 5. The first-order valence-electron chi connectivity index (χ1n) is 5.30. The predicted molar refractivity (Wildman–Crippen MR) is 76.5 cm³/mol. The van der Waals surface area contributed by atoms with Crippen LogP contribution in [-0.2, 0) is 6.54 Å². The summed E-state index contributed by atoms with van der Waals surface area (Å²) in [6.07, 6.45) is 2.03. The summed E-state index contributed by atoms with van der Waals surface area (Å²) in [6, 6.07) is 11.4. The van der Waals surface area contributed by atoms with Gasteiger partial charge in [-0.15, -0.1) is 11.8 Å². The Hall–Kier alpha value is -1.53. The fourth-order valence-corrected chi connectivity index (χ4v) is 2.63. The van der Waals surface area contributed by atoms with Crippen molar-refractivity contribution in [3.63, 3.8) is 0 Å². The molecule has 4 nitrogen and oxygen atoms in total. The van der Waals surface area contributed by atoms with Gasteiger partial charge in [-0.3, -0.25) is 10.1 Å². The quantitative estimate of drug-likeness (QED) is 0.511. The highest BCUT2D eigenvalue weighted by atomic mass is 32.2. The van der Waals surface area contributed by atoms with Crippen LogP contribution in [0.2, 0.25) is 0 Å². The Morgan fingerprint density at radius 3 is 2.56 bits per heavy atom. The lowest BCUT2D eigenvalue weighted by Gasteiger charge is -2.05. The van der Waals surface area contributed by atoms with Gasteiger partial charge in [0.2, 0.25) is 0 Å². The van der Waals surface area contributed by atoms with E-state index in [0.717, 1.165) is 10.6 Å². The predicted octanol–water partition coefficient (Wildman–Crippen LogP) is 3.99. The first-order valence-corrected chi connectivity index (χ1v) is 7.34. The average Bonchev–Trinajstić information content (AvgIpc) is 2.86. The van der Waals surface area contributed by atoms with Crippen LogP contribution >= 0.6 is 23.1 Å². The minimum absolute atomic E-state index is 0.185. The van der Waals surface area contributed by atoms with E-state index in [2.05, 4.69) is 5.32 Å². The molecule has 0 aliphatic rings. The van der Waals surface area contributed by atoms with Gasteiger partial charge < -0.3 is 5.32 Å². The third-order valence-corrected chi connectivity index (χ3v) is 4.16. The van der Waals surface area contributed by atoms with E-state index >= 15 is 0 Å². The molecule has 1 N–H and O–H groups in total. The lowest BCUT2D eigenvalue weighted by Crippen LogP contribution is -1.96. The summed E-state index contributed by atoms with van der Waals surface area (Å²) < 4.78 is 0. The van der Waals surface area contributed by atoms with Gasteiger partial charge in [-0.25, -0.2) is 0 Å². The van der Waals surface area contributed by atoms with E-state index < -0.39 is 0 Å². The highest BCUT2D eigenvalue weighted by Gasteiger charge is 2.09. The Bertz CT molecular complexity index is 537. The molecule has 0 aliphatic carbocycles. The van der Waals surface area contributed by atoms with Crippen LogP contribution in [0, 0.1) is 10.1 Å². The van der Waals surface area contributed by atoms with Gasteiger partial charge in [-0.1, -0.05) is 11.3 Å². The van der Waals surface area contributed by atoms with Crippen LogP contribution in [0.4, 0.5) is 10.7 Å². The van der Waals surface area contributed by atoms with Crippen molar-refractivity contribution in [2.24, 2.45) is 0 Å². The number of hydrogen-bond donors (Lipinski definition) is 1. The van der Waals surface area contributed by atoms with Gasteiger partial charge in [0.1, 0.15) is 0 Å². The molecule has 0 atom stereocenters. The van der Waals surface area contributed by atoms with Crippen molar-refractivity contribution in [2.45, 2.75) is 11.4 Å². The lowest BCUT2D eigenvalue weighted by molar-refractivity contribution is -0.380. The standard InChI is InChI=1S/C12H12N2O2S2/c1-17-10-4-2-9(3-5-10)13-8-11-6-7-12(18-11)14(15)16/h2-7,13H,8H2,1H3. The zero-order valence-corrected chi connectivity index (χ0v) is 11.4. The second kappa shape index (κ2) is 5.88. The van der Waals surface area contributed by atoms with Crippen molar-refractivity contribution in [1.29, 1.82) is 0 Å². The van der Waals surface area contributed by atoms with Crippen LogP contribution in [0.1, 0.15) is 4.88 Å². The maximum Gasteiger partial charge on any atom is 0.324 e. The SMILES string of the molecule is CSc1ccc(NCc2ccc([N+](=O)[O-])s2)cc1. The number of thioether (sulfide) groups is 1. The van der Waals surface area contributed by atoms with Crippen molar-refractivity contribution in [2.75, 3.05) is 11.6 Å². The molecule has 0 spiro atoms. The molecule has 94 valence electrons. The normalized spacial score (nSPS) is 10.3. The first-order chi connectivity index (χ1) is 8.69. The monoisotopic (exact) mass is 280 g/mol. The van der Waals surface area contributed by atoms with Crippen molar-refractivity contribution in [3.05, 3.63) is 51.4 Å². The Morgan fingerprint density at radius 2 is 2.00 bits per heavy atom. The molecule has 0 saturated carbocycles. The van der Waals surface area contributed by atoms with E-state index in [1.54, 1.807) is 23.9 Å². The molecule has 0 unspecified atom stereocenters. The maximum atomic E-state index is 10.6. The van der Waals surface area contributed by atoms with Gasteiger partial charge in [0.25, 0.3) is 0 Å². The van der Waals surface area contributed by atoms with Gasteiger partial charge in [0, 0.05) is 28.1 Å². The Labute approximate surface area is 113 Å². The van der Waals surface area contributed by atoms with Gasteiger partial charge in [0.15, 0.2) is 0 Å². The molecular weight excluding hydrogens is 268 g/mol. The maximum absolute atomic E-state index is 10.6. The van der Waals surface area contributed by atoms with Crippen molar-refractivity contribution in [3.8, 4) is 0 Å². The first kappa shape index (κ1) is 12.9. The van der Waals surface area contributed by atoms with Crippen LogP contribution in [0.3, 0.4) is 0 Å². The Morgan fingerprint density at radius 1 is 1.28 bits per heavy atom. The van der Waals surface area contributed by atoms with Crippen LogP contribution in [0.5, 0.6) is 0 Å². The van der Waals surface area contributed by atoms with E-state index in [0.29, 0.717) is 6.54 Å². The second-order valence-corrected chi connectivity index (χ2v) is 5.61. The molecular formula is C12H12N2O2S2. The molecule has 0 radical (unpaired) electrons. The Balaban J connectivity index is 1.95.